The first kappa shape index (κ1) is 24.1. The lowest BCUT2D eigenvalue weighted by atomic mass is 9.96. The minimum Gasteiger partial charge on any atom is -0.455 e. The van der Waals surface area contributed by atoms with Crippen LogP contribution in [0.1, 0.15) is 11.1 Å². The molecule has 0 fully saturated rings. The maximum atomic E-state index is 6.53. The summed E-state index contributed by atoms with van der Waals surface area (Å²) in [7, 11) is 0. The first-order valence-corrected chi connectivity index (χ1v) is 14.6. The SMILES string of the molecule is Cc1ccc2c3ccc(C)cc3c3nc(-c4cccc(-c5cccc6c5oc5cc7ccccc7cc56)c4)cnc3c2c1. The molecule has 0 unspecified atom stereocenters. The first-order valence-electron chi connectivity index (χ1n) is 14.6. The van der Waals surface area contributed by atoms with Gasteiger partial charge in [0.2, 0.25) is 0 Å². The number of hydrogen-bond donors (Lipinski definition) is 0. The molecule has 0 radical (unpaired) electrons. The summed E-state index contributed by atoms with van der Waals surface area (Å²) in [6.07, 6.45) is 1.91. The van der Waals surface area contributed by atoms with Crippen molar-refractivity contribution >= 4 is 65.3 Å². The highest BCUT2D eigenvalue weighted by atomic mass is 16.3. The molecule has 7 aromatic carbocycles. The summed E-state index contributed by atoms with van der Waals surface area (Å²) in [5.41, 5.74) is 10.1. The Bertz CT molecular complexity index is 2590. The van der Waals surface area contributed by atoms with Crippen LogP contribution in [0.5, 0.6) is 0 Å². The van der Waals surface area contributed by atoms with Crippen LogP contribution in [0.25, 0.3) is 87.7 Å². The first-order chi connectivity index (χ1) is 21.1. The second kappa shape index (κ2) is 8.98. The predicted molar refractivity (Wildman–Crippen MR) is 180 cm³/mol. The van der Waals surface area contributed by atoms with Crippen molar-refractivity contribution < 1.29 is 4.42 Å². The Balaban J connectivity index is 1.24. The van der Waals surface area contributed by atoms with E-state index in [1.807, 2.05) is 6.20 Å². The minimum atomic E-state index is 0.854. The second-order valence-electron chi connectivity index (χ2n) is 11.6. The molecule has 0 amide bonds. The summed E-state index contributed by atoms with van der Waals surface area (Å²) in [6.45, 7) is 4.26. The van der Waals surface area contributed by atoms with Crippen molar-refractivity contribution in [2.75, 3.05) is 0 Å². The molecular formula is C40H26N2O. The maximum Gasteiger partial charge on any atom is 0.143 e. The molecule has 3 nitrogen and oxygen atoms in total. The summed E-state index contributed by atoms with van der Waals surface area (Å²) in [6, 6.07) is 41.0. The van der Waals surface area contributed by atoms with E-state index >= 15 is 0 Å². The summed E-state index contributed by atoms with van der Waals surface area (Å²) < 4.78 is 6.53. The van der Waals surface area contributed by atoms with E-state index in [1.54, 1.807) is 0 Å². The van der Waals surface area contributed by atoms with Gasteiger partial charge < -0.3 is 4.42 Å². The molecule has 0 aliphatic carbocycles. The number of hydrogen-bond acceptors (Lipinski definition) is 3. The fourth-order valence-electron chi connectivity index (χ4n) is 6.65. The van der Waals surface area contributed by atoms with Crippen molar-refractivity contribution in [2.24, 2.45) is 0 Å². The third kappa shape index (κ3) is 3.68. The quantitative estimate of drug-likeness (QED) is 0.201. The molecule has 0 saturated carbocycles. The van der Waals surface area contributed by atoms with Crippen LogP contribution in [0.4, 0.5) is 0 Å². The molecule has 9 rings (SSSR count). The van der Waals surface area contributed by atoms with Gasteiger partial charge in [0.15, 0.2) is 0 Å². The maximum absolute atomic E-state index is 6.53. The number of aromatic nitrogens is 2. The van der Waals surface area contributed by atoms with Crippen LogP contribution in [0.3, 0.4) is 0 Å². The van der Waals surface area contributed by atoms with Gasteiger partial charge in [-0.25, -0.2) is 4.98 Å². The number of rotatable bonds is 2. The fraction of sp³-hybridized carbons (Fsp3) is 0.0500. The van der Waals surface area contributed by atoms with Gasteiger partial charge in [-0.05, 0) is 71.3 Å². The van der Waals surface area contributed by atoms with Crippen molar-refractivity contribution in [2.45, 2.75) is 13.8 Å². The molecule has 0 aliphatic heterocycles. The van der Waals surface area contributed by atoms with Gasteiger partial charge in [0.1, 0.15) is 11.2 Å². The largest absolute Gasteiger partial charge is 0.455 e. The zero-order chi connectivity index (χ0) is 28.7. The van der Waals surface area contributed by atoms with Gasteiger partial charge in [-0.1, -0.05) is 96.1 Å². The number of para-hydroxylation sites is 1. The van der Waals surface area contributed by atoms with Crippen molar-refractivity contribution in [1.29, 1.82) is 0 Å². The number of furan rings is 1. The summed E-state index contributed by atoms with van der Waals surface area (Å²) in [5, 5.41) is 9.35. The van der Waals surface area contributed by atoms with Crippen LogP contribution in [0.15, 0.2) is 126 Å². The summed E-state index contributed by atoms with van der Waals surface area (Å²) in [4.78, 5) is 10.3. The van der Waals surface area contributed by atoms with Crippen LogP contribution < -0.4 is 0 Å². The van der Waals surface area contributed by atoms with E-state index in [0.717, 1.165) is 66.1 Å². The molecule has 0 N–H and O–H groups in total. The third-order valence-corrected chi connectivity index (χ3v) is 8.76. The molecule has 3 heteroatoms. The minimum absolute atomic E-state index is 0.854. The summed E-state index contributed by atoms with van der Waals surface area (Å²) in [5.74, 6) is 0. The number of fused-ring (bicyclic) bond motifs is 10. The van der Waals surface area contributed by atoms with Crippen LogP contribution in [0.2, 0.25) is 0 Å². The van der Waals surface area contributed by atoms with E-state index in [2.05, 4.69) is 129 Å². The zero-order valence-corrected chi connectivity index (χ0v) is 23.8. The molecule has 9 aromatic rings. The van der Waals surface area contributed by atoms with Crippen LogP contribution in [-0.2, 0) is 0 Å². The van der Waals surface area contributed by atoms with E-state index in [0.29, 0.717) is 0 Å². The van der Waals surface area contributed by atoms with Crippen LogP contribution in [-0.4, -0.2) is 9.97 Å². The number of benzene rings is 7. The summed E-state index contributed by atoms with van der Waals surface area (Å²) >= 11 is 0. The molecular weight excluding hydrogens is 524 g/mol. The highest BCUT2D eigenvalue weighted by Crippen LogP contribution is 2.39. The average molecular weight is 551 g/mol. The van der Waals surface area contributed by atoms with Crippen molar-refractivity contribution in [3.63, 3.8) is 0 Å². The molecule has 0 aliphatic rings. The molecule has 2 heterocycles. The van der Waals surface area contributed by atoms with Crippen molar-refractivity contribution in [1.82, 2.24) is 9.97 Å². The number of nitrogens with zero attached hydrogens (tertiary/aromatic N) is 2. The van der Waals surface area contributed by atoms with E-state index in [4.69, 9.17) is 14.4 Å². The molecule has 2 aromatic heterocycles. The van der Waals surface area contributed by atoms with E-state index in [1.165, 1.54) is 32.7 Å². The van der Waals surface area contributed by atoms with Gasteiger partial charge in [0.25, 0.3) is 0 Å². The highest BCUT2D eigenvalue weighted by molar-refractivity contribution is 6.23. The molecule has 202 valence electrons. The van der Waals surface area contributed by atoms with Gasteiger partial charge in [-0.2, -0.15) is 0 Å². The Morgan fingerprint density at radius 2 is 1.21 bits per heavy atom. The third-order valence-electron chi connectivity index (χ3n) is 8.76. The van der Waals surface area contributed by atoms with Crippen LogP contribution >= 0.6 is 0 Å². The van der Waals surface area contributed by atoms with Crippen LogP contribution in [0, 0.1) is 13.8 Å². The monoisotopic (exact) mass is 550 g/mol. The Kier molecular flexibility index (Phi) is 5.03. The molecule has 0 saturated heterocycles. The second-order valence-corrected chi connectivity index (χ2v) is 11.6. The van der Waals surface area contributed by atoms with Gasteiger partial charge in [0, 0.05) is 32.7 Å². The Morgan fingerprint density at radius 3 is 2.00 bits per heavy atom. The lowest BCUT2D eigenvalue weighted by Gasteiger charge is -2.12. The normalized spacial score (nSPS) is 12.0. The van der Waals surface area contributed by atoms with Crippen molar-refractivity contribution in [3.8, 4) is 22.4 Å². The lowest BCUT2D eigenvalue weighted by Crippen LogP contribution is -1.93. The predicted octanol–water partition coefficient (Wildman–Crippen LogP) is 10.9. The van der Waals surface area contributed by atoms with Gasteiger partial charge in [-0.3, -0.25) is 4.98 Å². The molecule has 0 atom stereocenters. The van der Waals surface area contributed by atoms with Crippen molar-refractivity contribution in [3.05, 3.63) is 133 Å². The Morgan fingerprint density at radius 1 is 0.512 bits per heavy atom. The van der Waals surface area contributed by atoms with E-state index in [-0.39, 0.29) is 0 Å². The molecule has 0 spiro atoms. The average Bonchev–Trinajstić information content (AvgIpc) is 3.41. The topological polar surface area (TPSA) is 38.9 Å². The smallest absolute Gasteiger partial charge is 0.143 e. The van der Waals surface area contributed by atoms with E-state index < -0.39 is 0 Å². The Hall–Kier alpha value is -5.54. The van der Waals surface area contributed by atoms with Gasteiger partial charge in [-0.15, -0.1) is 0 Å². The Labute approximate surface area is 248 Å². The lowest BCUT2D eigenvalue weighted by molar-refractivity contribution is 0.670. The zero-order valence-electron chi connectivity index (χ0n) is 23.8. The van der Waals surface area contributed by atoms with Gasteiger partial charge >= 0.3 is 0 Å². The molecule has 43 heavy (non-hydrogen) atoms. The molecule has 0 bridgehead atoms. The fourth-order valence-corrected chi connectivity index (χ4v) is 6.65. The van der Waals surface area contributed by atoms with Gasteiger partial charge in [0.05, 0.1) is 22.9 Å². The number of aryl methyl sites for hydroxylation is 2. The highest BCUT2D eigenvalue weighted by Gasteiger charge is 2.16. The standard InChI is InChI=1S/C40H26N2O/c1-23-13-15-30-31-16-14-24(2)18-35(31)39-38(34(30)17-23)41-22-36(42-39)28-10-5-9-27(19-28)29-11-6-12-32-33-20-25-7-3-4-8-26(25)21-37(33)43-40(29)32/h3-22H,1-2H3. The van der Waals surface area contributed by atoms with E-state index in [9.17, 15) is 0 Å².